The van der Waals surface area contributed by atoms with Crippen molar-refractivity contribution in [2.75, 3.05) is 26.4 Å². The minimum absolute atomic E-state index is 0.161. The predicted molar refractivity (Wildman–Crippen MR) is 89.1 cm³/mol. The molecule has 0 radical (unpaired) electrons. The maximum absolute atomic E-state index is 11.5. The Morgan fingerprint density at radius 2 is 1.88 bits per heavy atom. The number of ether oxygens (including phenoxy) is 4. The van der Waals surface area contributed by atoms with Crippen molar-refractivity contribution in [1.29, 1.82) is 0 Å². The van der Waals surface area contributed by atoms with Crippen molar-refractivity contribution in [2.45, 2.75) is 40.4 Å². The van der Waals surface area contributed by atoms with E-state index in [0.29, 0.717) is 18.8 Å². The second kappa shape index (κ2) is 8.44. The van der Waals surface area contributed by atoms with Crippen LogP contribution in [0, 0.1) is 10.8 Å². The van der Waals surface area contributed by atoms with Gasteiger partial charge in [0.1, 0.15) is 13.2 Å². The van der Waals surface area contributed by atoms with Gasteiger partial charge in [0.05, 0.1) is 18.6 Å². The van der Waals surface area contributed by atoms with E-state index in [-0.39, 0.29) is 18.6 Å². The van der Waals surface area contributed by atoms with Gasteiger partial charge in [0.2, 0.25) is 0 Å². The van der Waals surface area contributed by atoms with Gasteiger partial charge in [0.25, 0.3) is 0 Å². The Morgan fingerprint density at radius 1 is 1.29 bits per heavy atom. The summed E-state index contributed by atoms with van der Waals surface area (Å²) in [7, 11) is 0. The van der Waals surface area contributed by atoms with Gasteiger partial charge >= 0.3 is 11.9 Å². The van der Waals surface area contributed by atoms with Gasteiger partial charge in [-0.2, -0.15) is 0 Å². The Kier molecular flexibility index (Phi) is 7.17. The lowest BCUT2D eigenvalue weighted by molar-refractivity contribution is -0.280. The van der Waals surface area contributed by atoms with Crippen LogP contribution in [0.1, 0.15) is 34.1 Å². The molecule has 1 aliphatic rings. The fourth-order valence-electron chi connectivity index (χ4n) is 2.16. The van der Waals surface area contributed by atoms with E-state index in [1.165, 1.54) is 0 Å². The quantitative estimate of drug-likeness (QED) is 0.500. The van der Waals surface area contributed by atoms with Gasteiger partial charge in [-0.25, -0.2) is 9.59 Å². The van der Waals surface area contributed by atoms with Gasteiger partial charge in [-0.1, -0.05) is 33.9 Å². The molecular weight excluding hydrogens is 312 g/mol. The summed E-state index contributed by atoms with van der Waals surface area (Å²) in [6.07, 6.45) is 1.37. The van der Waals surface area contributed by atoms with Crippen LogP contribution in [0.3, 0.4) is 0 Å². The van der Waals surface area contributed by atoms with Crippen molar-refractivity contribution in [3.63, 3.8) is 0 Å². The first kappa shape index (κ1) is 20.4. The van der Waals surface area contributed by atoms with Gasteiger partial charge in [-0.3, -0.25) is 0 Å². The fraction of sp³-hybridized carbons (Fsp3) is 0.667. The van der Waals surface area contributed by atoms with Crippen LogP contribution in [0.15, 0.2) is 24.8 Å². The molecule has 0 atom stereocenters. The first-order chi connectivity index (χ1) is 11.2. The highest BCUT2D eigenvalue weighted by molar-refractivity contribution is 5.86. The van der Waals surface area contributed by atoms with E-state index in [0.717, 1.165) is 12.5 Å². The summed E-state index contributed by atoms with van der Waals surface area (Å²) in [5.74, 6) is -0.893. The molecule has 1 fully saturated rings. The third kappa shape index (κ3) is 5.46. The summed E-state index contributed by atoms with van der Waals surface area (Å²) < 4.78 is 22.1. The van der Waals surface area contributed by atoms with Gasteiger partial charge in [-0.05, 0) is 13.3 Å². The summed E-state index contributed by atoms with van der Waals surface area (Å²) in [6.45, 7) is 15.5. The standard InChI is InChI=1S/C18H28O6/c1-7-14(19)21-10-18(8-2)11-23-16(24-12-18)17(5,6)9-22-15(20)13(3)4/h7,16H,1,3,8-12H2,2,4-6H3. The van der Waals surface area contributed by atoms with E-state index >= 15 is 0 Å². The van der Waals surface area contributed by atoms with Crippen molar-refractivity contribution in [2.24, 2.45) is 10.8 Å². The summed E-state index contributed by atoms with van der Waals surface area (Å²) in [4.78, 5) is 22.8. The van der Waals surface area contributed by atoms with Crippen LogP contribution in [0.5, 0.6) is 0 Å². The molecule has 0 saturated carbocycles. The molecular formula is C18H28O6. The smallest absolute Gasteiger partial charge is 0.333 e. The Morgan fingerprint density at radius 3 is 2.33 bits per heavy atom. The third-order valence-electron chi connectivity index (χ3n) is 4.08. The van der Waals surface area contributed by atoms with E-state index in [4.69, 9.17) is 18.9 Å². The van der Waals surface area contributed by atoms with Gasteiger partial charge < -0.3 is 18.9 Å². The average molecular weight is 340 g/mol. The van der Waals surface area contributed by atoms with Crippen LogP contribution in [0.2, 0.25) is 0 Å². The minimum Gasteiger partial charge on any atom is -0.462 e. The molecule has 0 aromatic carbocycles. The van der Waals surface area contributed by atoms with Crippen molar-refractivity contribution in [1.82, 2.24) is 0 Å². The highest BCUT2D eigenvalue weighted by Crippen LogP contribution is 2.35. The molecule has 1 heterocycles. The Balaban J connectivity index is 2.58. The molecule has 6 heteroatoms. The van der Waals surface area contributed by atoms with Crippen LogP contribution in [0.4, 0.5) is 0 Å². The first-order valence-corrected chi connectivity index (χ1v) is 8.01. The predicted octanol–water partition coefficient (Wildman–Crippen LogP) is 2.63. The number of carbonyl (C=O) groups excluding carboxylic acids is 2. The third-order valence-corrected chi connectivity index (χ3v) is 4.08. The second-order valence-corrected chi connectivity index (χ2v) is 6.96. The first-order valence-electron chi connectivity index (χ1n) is 8.01. The number of hydrogen-bond donors (Lipinski definition) is 0. The molecule has 24 heavy (non-hydrogen) atoms. The SMILES string of the molecule is C=CC(=O)OCC1(CC)COC(C(C)(C)COC(=O)C(=C)C)OC1. The number of esters is 2. The molecule has 0 unspecified atom stereocenters. The normalized spacial score (nSPS) is 24.1. The molecule has 0 N–H and O–H groups in total. The van der Waals surface area contributed by atoms with Crippen molar-refractivity contribution >= 4 is 11.9 Å². The lowest BCUT2D eigenvalue weighted by Gasteiger charge is -2.43. The molecule has 0 amide bonds. The Bertz CT molecular complexity index is 486. The monoisotopic (exact) mass is 340 g/mol. The summed E-state index contributed by atoms with van der Waals surface area (Å²) in [6, 6.07) is 0. The number of rotatable bonds is 8. The molecule has 0 aliphatic carbocycles. The van der Waals surface area contributed by atoms with E-state index in [1.807, 2.05) is 20.8 Å². The van der Waals surface area contributed by atoms with E-state index in [1.54, 1.807) is 6.92 Å². The van der Waals surface area contributed by atoms with E-state index < -0.39 is 23.6 Å². The molecule has 0 aromatic heterocycles. The average Bonchev–Trinajstić information content (AvgIpc) is 2.57. The maximum Gasteiger partial charge on any atom is 0.333 e. The van der Waals surface area contributed by atoms with Crippen LogP contribution in [-0.4, -0.2) is 44.7 Å². The molecule has 6 nitrogen and oxygen atoms in total. The van der Waals surface area contributed by atoms with Crippen LogP contribution in [-0.2, 0) is 28.5 Å². The molecule has 136 valence electrons. The van der Waals surface area contributed by atoms with E-state index in [9.17, 15) is 9.59 Å². The second-order valence-electron chi connectivity index (χ2n) is 6.96. The summed E-state index contributed by atoms with van der Waals surface area (Å²) in [5, 5.41) is 0. The van der Waals surface area contributed by atoms with Crippen molar-refractivity contribution in [3.05, 3.63) is 24.8 Å². The lowest BCUT2D eigenvalue weighted by atomic mass is 9.85. The van der Waals surface area contributed by atoms with Crippen LogP contribution < -0.4 is 0 Å². The van der Waals surface area contributed by atoms with Gasteiger partial charge in [0.15, 0.2) is 6.29 Å². The summed E-state index contributed by atoms with van der Waals surface area (Å²) >= 11 is 0. The number of hydrogen-bond acceptors (Lipinski definition) is 6. The Hall–Kier alpha value is -1.66. The van der Waals surface area contributed by atoms with Crippen molar-refractivity contribution < 1.29 is 28.5 Å². The molecule has 0 spiro atoms. The van der Waals surface area contributed by atoms with Gasteiger partial charge in [-0.15, -0.1) is 0 Å². The topological polar surface area (TPSA) is 71.1 Å². The molecule has 1 aliphatic heterocycles. The number of carbonyl (C=O) groups is 2. The minimum atomic E-state index is -0.511. The van der Waals surface area contributed by atoms with Gasteiger partial charge in [0, 0.05) is 17.1 Å². The highest BCUT2D eigenvalue weighted by atomic mass is 16.7. The fourth-order valence-corrected chi connectivity index (χ4v) is 2.16. The Labute approximate surface area is 143 Å². The zero-order valence-corrected chi connectivity index (χ0v) is 15.1. The van der Waals surface area contributed by atoms with Crippen LogP contribution in [0.25, 0.3) is 0 Å². The highest BCUT2D eigenvalue weighted by Gasteiger charge is 2.42. The lowest BCUT2D eigenvalue weighted by Crippen LogP contribution is -2.50. The summed E-state index contributed by atoms with van der Waals surface area (Å²) in [5.41, 5.74) is -0.534. The molecule has 1 saturated heterocycles. The van der Waals surface area contributed by atoms with Crippen LogP contribution >= 0.6 is 0 Å². The molecule has 1 rings (SSSR count). The zero-order valence-electron chi connectivity index (χ0n) is 15.1. The largest absolute Gasteiger partial charge is 0.462 e. The zero-order chi connectivity index (χ0) is 18.4. The maximum atomic E-state index is 11.5. The van der Waals surface area contributed by atoms with E-state index in [2.05, 4.69) is 13.2 Å². The molecule has 0 bridgehead atoms. The molecule has 0 aromatic rings. The van der Waals surface area contributed by atoms with Crippen molar-refractivity contribution in [3.8, 4) is 0 Å².